The monoisotopic (exact) mass is 293 g/mol. The highest BCUT2D eigenvalue weighted by Gasteiger charge is 2.33. The molecular weight excluding hydrogens is 283 g/mol. The molecule has 2 N–H and O–H groups in total. The number of carbonyl (C=O) groups excluding carboxylic acids is 1. The minimum Gasteiger partial charge on any atom is -0.463 e. The van der Waals surface area contributed by atoms with E-state index in [4.69, 9.17) is 17.3 Å². The third kappa shape index (κ3) is 4.17. The van der Waals surface area contributed by atoms with Crippen LogP contribution in [0.5, 0.6) is 0 Å². The second-order valence-electron chi connectivity index (χ2n) is 3.54. The maximum atomic E-state index is 12.6. The lowest BCUT2D eigenvalue weighted by molar-refractivity contribution is -0.138. The van der Waals surface area contributed by atoms with Crippen molar-refractivity contribution in [1.29, 1.82) is 0 Å². The van der Waals surface area contributed by atoms with E-state index in [9.17, 15) is 18.0 Å². The van der Waals surface area contributed by atoms with Crippen LogP contribution >= 0.6 is 11.6 Å². The molecule has 0 aliphatic heterocycles. The van der Waals surface area contributed by atoms with Gasteiger partial charge >= 0.3 is 12.1 Å². The molecule has 0 aromatic heterocycles. The van der Waals surface area contributed by atoms with Crippen molar-refractivity contribution in [1.82, 2.24) is 0 Å². The van der Waals surface area contributed by atoms with Gasteiger partial charge in [0.05, 0.1) is 17.2 Å². The molecule has 0 aliphatic carbocycles. The maximum absolute atomic E-state index is 12.6. The fraction of sp³-hybridized carbons (Fsp3) is 0.250. The second-order valence-corrected chi connectivity index (χ2v) is 3.95. The third-order valence-electron chi connectivity index (χ3n) is 2.17. The summed E-state index contributed by atoms with van der Waals surface area (Å²) in [6.45, 7) is 1.75. The highest BCUT2D eigenvalue weighted by Crippen LogP contribution is 2.35. The summed E-state index contributed by atoms with van der Waals surface area (Å²) >= 11 is 5.47. The predicted octanol–water partition coefficient (Wildman–Crippen LogP) is 3.22. The van der Waals surface area contributed by atoms with Gasteiger partial charge in [0.1, 0.15) is 0 Å². The summed E-state index contributed by atoms with van der Waals surface area (Å²) in [6, 6.07) is 3.15. The molecular formula is C12H11ClF3NO2. The van der Waals surface area contributed by atoms with E-state index in [1.807, 2.05) is 0 Å². The van der Waals surface area contributed by atoms with Crippen LogP contribution < -0.4 is 5.73 Å². The second kappa shape index (κ2) is 5.97. The summed E-state index contributed by atoms with van der Waals surface area (Å²) in [5.74, 6) is -0.719. The number of halogens is 4. The summed E-state index contributed by atoms with van der Waals surface area (Å²) in [6.07, 6.45) is -3.66. The van der Waals surface area contributed by atoms with Crippen LogP contribution in [0.3, 0.4) is 0 Å². The topological polar surface area (TPSA) is 52.3 Å². The first kappa shape index (κ1) is 15.4. The van der Waals surface area contributed by atoms with Gasteiger partial charge < -0.3 is 10.5 Å². The van der Waals surface area contributed by atoms with E-state index in [1.165, 1.54) is 6.07 Å². The number of esters is 1. The molecule has 0 radical (unpaired) electrons. The molecule has 0 heterocycles. The predicted molar refractivity (Wildman–Crippen MR) is 65.3 cm³/mol. The summed E-state index contributed by atoms with van der Waals surface area (Å²) in [4.78, 5) is 11.1. The Morgan fingerprint density at radius 3 is 2.63 bits per heavy atom. The van der Waals surface area contributed by atoms with Gasteiger partial charge in [-0.25, -0.2) is 4.79 Å². The molecule has 0 aliphatic rings. The molecule has 0 amide bonds. The number of rotatable bonds is 3. The fourth-order valence-electron chi connectivity index (χ4n) is 1.32. The van der Waals surface area contributed by atoms with Gasteiger partial charge in [0, 0.05) is 11.8 Å². The number of hydrogen-bond acceptors (Lipinski definition) is 3. The van der Waals surface area contributed by atoms with E-state index in [0.29, 0.717) is 0 Å². The average molecular weight is 294 g/mol. The molecule has 0 spiro atoms. The normalized spacial score (nSPS) is 12.4. The lowest BCUT2D eigenvalue weighted by atomic mass is 10.1. The van der Waals surface area contributed by atoms with Crippen LogP contribution in [-0.4, -0.2) is 12.6 Å². The lowest BCUT2D eigenvalue weighted by Gasteiger charge is -2.11. The van der Waals surface area contributed by atoms with E-state index >= 15 is 0 Å². The van der Waals surface area contributed by atoms with E-state index in [1.54, 1.807) is 6.92 Å². The van der Waals surface area contributed by atoms with Crippen LogP contribution in [0.4, 0.5) is 13.2 Å². The first-order chi connectivity index (χ1) is 8.75. The van der Waals surface area contributed by atoms with Gasteiger partial charge in [-0.15, -0.1) is 0 Å². The van der Waals surface area contributed by atoms with Gasteiger partial charge in [0.25, 0.3) is 0 Å². The zero-order valence-corrected chi connectivity index (χ0v) is 10.7. The quantitative estimate of drug-likeness (QED) is 0.687. The standard InChI is InChI=1S/C12H11ClF3NO2/c1-2-19-11(18)6-10(17)7-3-4-9(13)8(5-7)12(14,15)16/h3-6H,2,17H2,1H3/b10-6-. The zero-order valence-electron chi connectivity index (χ0n) is 9.92. The minimum absolute atomic E-state index is 0.0461. The summed E-state index contributed by atoms with van der Waals surface area (Å²) in [5, 5.41) is -0.430. The fourth-order valence-corrected chi connectivity index (χ4v) is 1.54. The Labute approximate surface area is 112 Å². The Morgan fingerprint density at radius 2 is 2.11 bits per heavy atom. The molecule has 1 aromatic rings. The van der Waals surface area contributed by atoms with Gasteiger partial charge in [0.2, 0.25) is 0 Å². The molecule has 0 bridgehead atoms. The Hall–Kier alpha value is -1.69. The number of nitrogens with two attached hydrogens (primary N) is 1. The maximum Gasteiger partial charge on any atom is 0.417 e. The smallest absolute Gasteiger partial charge is 0.417 e. The Balaban J connectivity index is 3.12. The first-order valence-corrected chi connectivity index (χ1v) is 5.64. The van der Waals surface area contributed by atoms with E-state index in [2.05, 4.69) is 4.74 Å². The molecule has 0 atom stereocenters. The van der Waals surface area contributed by atoms with Gasteiger partial charge in [-0.05, 0) is 24.6 Å². The van der Waals surface area contributed by atoms with Crippen molar-refractivity contribution < 1.29 is 22.7 Å². The SMILES string of the molecule is CCOC(=O)/C=C(\N)c1ccc(Cl)c(C(F)(F)F)c1. The molecule has 1 aromatic carbocycles. The number of ether oxygens (including phenoxy) is 1. The van der Waals surface area contributed by atoms with Crippen molar-refractivity contribution in [3.8, 4) is 0 Å². The van der Waals surface area contributed by atoms with Crippen molar-refractivity contribution in [2.45, 2.75) is 13.1 Å². The molecule has 104 valence electrons. The van der Waals surface area contributed by atoms with E-state index in [-0.39, 0.29) is 17.9 Å². The molecule has 0 saturated carbocycles. The van der Waals surface area contributed by atoms with Gasteiger partial charge in [0.15, 0.2) is 0 Å². The van der Waals surface area contributed by atoms with E-state index < -0.39 is 22.7 Å². The average Bonchev–Trinajstić information content (AvgIpc) is 2.27. The Morgan fingerprint density at radius 1 is 1.47 bits per heavy atom. The van der Waals surface area contributed by atoms with Crippen molar-refractivity contribution in [3.63, 3.8) is 0 Å². The molecule has 19 heavy (non-hydrogen) atoms. The van der Waals surface area contributed by atoms with Crippen LogP contribution in [0.2, 0.25) is 5.02 Å². The van der Waals surface area contributed by atoms with Gasteiger partial charge in [-0.2, -0.15) is 13.2 Å². The molecule has 3 nitrogen and oxygen atoms in total. The number of carbonyl (C=O) groups is 1. The highest BCUT2D eigenvalue weighted by atomic mass is 35.5. The molecule has 0 fully saturated rings. The molecule has 0 unspecified atom stereocenters. The van der Waals surface area contributed by atoms with Crippen LogP contribution in [0.1, 0.15) is 18.1 Å². The van der Waals surface area contributed by atoms with Crippen LogP contribution in [-0.2, 0) is 15.7 Å². The van der Waals surface area contributed by atoms with Gasteiger partial charge in [-0.3, -0.25) is 0 Å². The molecule has 1 rings (SSSR count). The van der Waals surface area contributed by atoms with E-state index in [0.717, 1.165) is 18.2 Å². The minimum atomic E-state index is -4.59. The largest absolute Gasteiger partial charge is 0.463 e. The van der Waals surface area contributed by atoms with Gasteiger partial charge in [-0.1, -0.05) is 17.7 Å². The van der Waals surface area contributed by atoms with Crippen molar-refractivity contribution in [2.75, 3.05) is 6.61 Å². The number of benzene rings is 1. The highest BCUT2D eigenvalue weighted by molar-refractivity contribution is 6.31. The number of alkyl halides is 3. The van der Waals surface area contributed by atoms with Crippen molar-refractivity contribution in [2.24, 2.45) is 5.73 Å². The van der Waals surface area contributed by atoms with Crippen LogP contribution in [0, 0.1) is 0 Å². The first-order valence-electron chi connectivity index (χ1n) is 5.26. The summed E-state index contributed by atoms with van der Waals surface area (Å²) in [5.41, 5.74) is 4.45. The molecule has 7 heteroatoms. The summed E-state index contributed by atoms with van der Waals surface area (Å²) < 4.78 is 42.5. The summed E-state index contributed by atoms with van der Waals surface area (Å²) in [7, 11) is 0. The number of hydrogen-bond donors (Lipinski definition) is 1. The third-order valence-corrected chi connectivity index (χ3v) is 2.49. The Bertz CT molecular complexity index is 512. The van der Waals surface area contributed by atoms with Crippen LogP contribution in [0.15, 0.2) is 24.3 Å². The molecule has 0 saturated heterocycles. The van der Waals surface area contributed by atoms with Crippen molar-refractivity contribution >= 4 is 23.3 Å². The Kier molecular flexibility index (Phi) is 4.83. The van der Waals surface area contributed by atoms with Crippen molar-refractivity contribution in [3.05, 3.63) is 40.4 Å². The lowest BCUT2D eigenvalue weighted by Crippen LogP contribution is -2.09. The van der Waals surface area contributed by atoms with Crippen LogP contribution in [0.25, 0.3) is 5.70 Å². The zero-order chi connectivity index (χ0) is 14.6.